The molecule has 0 saturated heterocycles. The largest absolute Gasteiger partial charge is 0.378 e. The van der Waals surface area contributed by atoms with Gasteiger partial charge in [0.05, 0.1) is 12.2 Å². The number of aromatic nitrogens is 2. The highest BCUT2D eigenvalue weighted by molar-refractivity contribution is 5.79. The summed E-state index contributed by atoms with van der Waals surface area (Å²) in [6.45, 7) is 9.50. The summed E-state index contributed by atoms with van der Waals surface area (Å²) in [5.41, 5.74) is 4.69. The summed E-state index contributed by atoms with van der Waals surface area (Å²) in [5, 5.41) is 11.2. The van der Waals surface area contributed by atoms with Crippen molar-refractivity contribution in [3.63, 3.8) is 0 Å². The molecule has 26 heavy (non-hydrogen) atoms. The van der Waals surface area contributed by atoms with Gasteiger partial charge in [-0.15, -0.1) is 0 Å². The highest BCUT2D eigenvalue weighted by Gasteiger charge is 2.02. The molecule has 0 amide bonds. The van der Waals surface area contributed by atoms with Crippen molar-refractivity contribution in [2.75, 3.05) is 32.1 Å². The van der Waals surface area contributed by atoms with Gasteiger partial charge in [-0.3, -0.25) is 4.68 Å². The number of aryl methyl sites for hydroxylation is 3. The Labute approximate surface area is 157 Å². The summed E-state index contributed by atoms with van der Waals surface area (Å²) < 4.78 is 2.06. The monoisotopic (exact) mass is 356 g/mol. The third kappa shape index (κ3) is 6.10. The third-order valence-corrected chi connectivity index (χ3v) is 4.13. The van der Waals surface area contributed by atoms with E-state index in [9.17, 15) is 0 Å². The lowest BCUT2D eigenvalue weighted by Gasteiger charge is -2.14. The molecule has 0 spiro atoms. The molecule has 0 bridgehead atoms. The van der Waals surface area contributed by atoms with Crippen molar-refractivity contribution in [1.82, 2.24) is 20.4 Å². The fourth-order valence-electron chi connectivity index (χ4n) is 2.78. The van der Waals surface area contributed by atoms with Gasteiger partial charge in [0.1, 0.15) is 0 Å². The van der Waals surface area contributed by atoms with Crippen LogP contribution < -0.4 is 15.5 Å². The van der Waals surface area contributed by atoms with E-state index in [-0.39, 0.29) is 0 Å². The van der Waals surface area contributed by atoms with Gasteiger partial charge in [-0.1, -0.05) is 12.1 Å². The van der Waals surface area contributed by atoms with Crippen molar-refractivity contribution in [3.05, 3.63) is 47.3 Å². The van der Waals surface area contributed by atoms with Crippen LogP contribution in [0.25, 0.3) is 0 Å². The zero-order chi connectivity index (χ0) is 18.9. The Morgan fingerprint density at radius 3 is 2.65 bits per heavy atom. The van der Waals surface area contributed by atoms with Crippen LogP contribution in [0.2, 0.25) is 0 Å². The molecular formula is C20H32N6. The minimum absolute atomic E-state index is 0.661. The van der Waals surface area contributed by atoms with Crippen LogP contribution in [0.4, 0.5) is 5.69 Å². The predicted molar refractivity (Wildman–Crippen MR) is 110 cm³/mol. The molecule has 2 N–H and O–H groups in total. The maximum atomic E-state index is 4.70. The van der Waals surface area contributed by atoms with Gasteiger partial charge in [0.15, 0.2) is 5.96 Å². The summed E-state index contributed by atoms with van der Waals surface area (Å²) >= 11 is 0. The Kier molecular flexibility index (Phi) is 7.51. The predicted octanol–water partition coefficient (Wildman–Crippen LogP) is 2.71. The quantitative estimate of drug-likeness (QED) is 0.434. The standard InChI is InChI=1S/C20H32N6/c1-6-21-20(22-11-8-12-26-17(3)13-16(2)24-26)23-15-18-9-7-10-19(14-18)25(4)5/h7,9-10,13-14H,6,8,11-12,15H2,1-5H3,(H2,21,22,23). The molecule has 6 nitrogen and oxygen atoms in total. The number of aliphatic imine (C=N–C) groups is 1. The summed E-state index contributed by atoms with van der Waals surface area (Å²) in [6.07, 6.45) is 1.00. The van der Waals surface area contributed by atoms with Gasteiger partial charge in [-0.25, -0.2) is 4.99 Å². The van der Waals surface area contributed by atoms with Crippen LogP contribution in [0, 0.1) is 13.8 Å². The summed E-state index contributed by atoms with van der Waals surface area (Å²) in [7, 11) is 4.10. The van der Waals surface area contributed by atoms with Crippen LogP contribution in [0.15, 0.2) is 35.3 Å². The van der Waals surface area contributed by atoms with E-state index in [1.54, 1.807) is 0 Å². The Balaban J connectivity index is 1.86. The zero-order valence-corrected chi connectivity index (χ0v) is 16.7. The first-order chi connectivity index (χ1) is 12.5. The fraction of sp³-hybridized carbons (Fsp3) is 0.500. The molecule has 0 aliphatic rings. The number of guanidine groups is 1. The third-order valence-electron chi connectivity index (χ3n) is 4.13. The molecule has 1 aromatic carbocycles. The summed E-state index contributed by atoms with van der Waals surface area (Å²) in [4.78, 5) is 6.81. The van der Waals surface area contributed by atoms with E-state index in [0.29, 0.717) is 6.54 Å². The van der Waals surface area contributed by atoms with Gasteiger partial charge in [-0.05, 0) is 51.0 Å². The van der Waals surface area contributed by atoms with Gasteiger partial charge in [-0.2, -0.15) is 5.10 Å². The number of hydrogen-bond acceptors (Lipinski definition) is 3. The molecule has 2 rings (SSSR count). The molecule has 142 valence electrons. The average molecular weight is 357 g/mol. The molecule has 0 aliphatic carbocycles. The molecule has 0 unspecified atom stereocenters. The van der Waals surface area contributed by atoms with Gasteiger partial charge < -0.3 is 15.5 Å². The number of rotatable bonds is 8. The first kappa shape index (κ1) is 19.8. The van der Waals surface area contributed by atoms with Gasteiger partial charge in [0, 0.05) is 45.1 Å². The van der Waals surface area contributed by atoms with Crippen molar-refractivity contribution < 1.29 is 0 Å². The number of hydrogen-bond donors (Lipinski definition) is 2. The van der Waals surface area contributed by atoms with Crippen LogP contribution in [0.3, 0.4) is 0 Å². The molecule has 2 aromatic rings. The lowest BCUT2D eigenvalue weighted by molar-refractivity contribution is 0.555. The van der Waals surface area contributed by atoms with E-state index in [1.807, 2.05) is 6.92 Å². The minimum Gasteiger partial charge on any atom is -0.378 e. The van der Waals surface area contributed by atoms with Crippen molar-refractivity contribution in [2.45, 2.75) is 40.3 Å². The molecule has 0 saturated carbocycles. The average Bonchev–Trinajstić information content (AvgIpc) is 2.94. The molecule has 0 radical (unpaired) electrons. The van der Waals surface area contributed by atoms with Crippen LogP contribution in [-0.2, 0) is 13.1 Å². The van der Waals surface area contributed by atoms with E-state index in [0.717, 1.165) is 37.7 Å². The van der Waals surface area contributed by atoms with Crippen molar-refractivity contribution in [2.24, 2.45) is 4.99 Å². The highest BCUT2D eigenvalue weighted by Crippen LogP contribution is 2.13. The van der Waals surface area contributed by atoms with Crippen LogP contribution >= 0.6 is 0 Å². The van der Waals surface area contributed by atoms with E-state index >= 15 is 0 Å². The molecule has 0 aliphatic heterocycles. The highest BCUT2D eigenvalue weighted by atomic mass is 15.3. The molecular weight excluding hydrogens is 324 g/mol. The number of nitrogens with zero attached hydrogens (tertiary/aromatic N) is 4. The van der Waals surface area contributed by atoms with E-state index in [4.69, 9.17) is 4.99 Å². The molecule has 0 atom stereocenters. The maximum Gasteiger partial charge on any atom is 0.191 e. The number of benzene rings is 1. The first-order valence-corrected chi connectivity index (χ1v) is 9.29. The second-order valence-corrected chi connectivity index (χ2v) is 6.69. The number of nitrogens with one attached hydrogen (secondary N) is 2. The van der Waals surface area contributed by atoms with Crippen LogP contribution in [0.5, 0.6) is 0 Å². The van der Waals surface area contributed by atoms with Crippen LogP contribution in [-0.4, -0.2) is 42.9 Å². The van der Waals surface area contributed by atoms with E-state index < -0.39 is 0 Å². The Morgan fingerprint density at radius 2 is 2.00 bits per heavy atom. The smallest absolute Gasteiger partial charge is 0.191 e. The molecule has 0 fully saturated rings. The lowest BCUT2D eigenvalue weighted by atomic mass is 10.2. The second-order valence-electron chi connectivity index (χ2n) is 6.69. The van der Waals surface area contributed by atoms with E-state index in [2.05, 4.69) is 83.6 Å². The molecule has 1 heterocycles. The Bertz CT molecular complexity index is 717. The SMILES string of the molecule is CCNC(=NCc1cccc(N(C)C)c1)NCCCn1nc(C)cc1C. The minimum atomic E-state index is 0.661. The van der Waals surface area contributed by atoms with Gasteiger partial charge in [0.2, 0.25) is 0 Å². The van der Waals surface area contributed by atoms with Crippen molar-refractivity contribution in [1.29, 1.82) is 0 Å². The van der Waals surface area contributed by atoms with Crippen molar-refractivity contribution >= 4 is 11.6 Å². The number of anilines is 1. The molecule has 6 heteroatoms. The Morgan fingerprint density at radius 1 is 1.19 bits per heavy atom. The van der Waals surface area contributed by atoms with Crippen molar-refractivity contribution in [3.8, 4) is 0 Å². The van der Waals surface area contributed by atoms with Crippen LogP contribution in [0.1, 0.15) is 30.3 Å². The maximum absolute atomic E-state index is 4.70. The molecule has 1 aromatic heterocycles. The topological polar surface area (TPSA) is 57.5 Å². The lowest BCUT2D eigenvalue weighted by Crippen LogP contribution is -2.38. The first-order valence-electron chi connectivity index (χ1n) is 9.29. The summed E-state index contributed by atoms with van der Waals surface area (Å²) in [6, 6.07) is 10.6. The second kappa shape index (κ2) is 9.85. The normalized spacial score (nSPS) is 11.5. The van der Waals surface area contributed by atoms with Gasteiger partial charge >= 0.3 is 0 Å². The fourth-order valence-corrected chi connectivity index (χ4v) is 2.78. The van der Waals surface area contributed by atoms with Gasteiger partial charge in [0.25, 0.3) is 0 Å². The zero-order valence-electron chi connectivity index (χ0n) is 16.7. The summed E-state index contributed by atoms with van der Waals surface area (Å²) in [5.74, 6) is 0.858. The Hall–Kier alpha value is -2.50. The van der Waals surface area contributed by atoms with E-state index in [1.165, 1.54) is 16.9 Å².